The van der Waals surface area contributed by atoms with Crippen molar-refractivity contribution in [2.24, 2.45) is 5.92 Å². The minimum Gasteiger partial charge on any atom is -0.388 e. The van der Waals surface area contributed by atoms with Crippen molar-refractivity contribution >= 4 is 16.8 Å². The zero-order chi connectivity index (χ0) is 19.7. The Kier molecular flexibility index (Phi) is 5.21. The van der Waals surface area contributed by atoms with Gasteiger partial charge < -0.3 is 14.7 Å². The molecule has 0 aliphatic carbocycles. The Morgan fingerprint density at radius 3 is 2.75 bits per heavy atom. The minimum absolute atomic E-state index is 0.0507. The Bertz CT molecular complexity index is 925. The molecule has 7 heteroatoms. The van der Waals surface area contributed by atoms with Gasteiger partial charge in [0.1, 0.15) is 5.82 Å². The molecule has 7 nitrogen and oxygen atoms in total. The van der Waals surface area contributed by atoms with Gasteiger partial charge in [-0.3, -0.25) is 14.2 Å². The molecule has 1 atom stereocenters. The van der Waals surface area contributed by atoms with Crippen molar-refractivity contribution in [1.29, 1.82) is 0 Å². The fourth-order valence-electron chi connectivity index (χ4n) is 4.23. The average molecular weight is 385 g/mol. The van der Waals surface area contributed by atoms with Crippen molar-refractivity contribution < 1.29 is 14.6 Å². The van der Waals surface area contributed by atoms with Crippen LogP contribution >= 0.6 is 0 Å². The molecule has 28 heavy (non-hydrogen) atoms. The number of aliphatic hydroxyl groups is 1. The molecule has 2 fully saturated rings. The molecule has 0 bridgehead atoms. The number of aryl methyl sites for hydroxylation is 1. The van der Waals surface area contributed by atoms with Gasteiger partial charge in [-0.1, -0.05) is 19.1 Å². The first-order chi connectivity index (χ1) is 13.5. The largest absolute Gasteiger partial charge is 0.388 e. The molecule has 1 aromatic carbocycles. The Labute approximate surface area is 163 Å². The molecule has 0 saturated carbocycles. The number of carbonyl (C=O) groups is 1. The summed E-state index contributed by atoms with van der Waals surface area (Å²) in [5, 5.41) is 11.7. The molecule has 2 saturated heterocycles. The molecule has 2 aliphatic rings. The van der Waals surface area contributed by atoms with Crippen LogP contribution in [0.5, 0.6) is 0 Å². The third kappa shape index (κ3) is 3.56. The van der Waals surface area contributed by atoms with Crippen LogP contribution in [0.25, 0.3) is 10.9 Å². The van der Waals surface area contributed by atoms with Gasteiger partial charge in [0, 0.05) is 26.1 Å². The van der Waals surface area contributed by atoms with Crippen LogP contribution in [-0.2, 0) is 22.5 Å². The van der Waals surface area contributed by atoms with E-state index in [0.717, 1.165) is 6.42 Å². The minimum atomic E-state index is -1.01. The van der Waals surface area contributed by atoms with Crippen LogP contribution in [0.15, 0.2) is 29.1 Å². The zero-order valence-electron chi connectivity index (χ0n) is 16.3. The molecular formula is C21H27N3O4. The Morgan fingerprint density at radius 1 is 1.32 bits per heavy atom. The summed E-state index contributed by atoms with van der Waals surface area (Å²) in [6, 6.07) is 7.31. The SMILES string of the molecule is CCc1nc2ccccc2c(=O)n1CC1(O)CCN(C(=O)C2CCOC2)CC1. The number of amides is 1. The van der Waals surface area contributed by atoms with Crippen molar-refractivity contribution in [2.45, 2.75) is 44.8 Å². The topological polar surface area (TPSA) is 84.7 Å². The number of piperidine rings is 1. The van der Waals surface area contributed by atoms with Crippen LogP contribution in [-0.4, -0.2) is 57.4 Å². The lowest BCUT2D eigenvalue weighted by Gasteiger charge is -2.39. The first kappa shape index (κ1) is 19.1. The lowest BCUT2D eigenvalue weighted by atomic mass is 9.90. The third-order valence-electron chi connectivity index (χ3n) is 5.99. The molecule has 1 aromatic heterocycles. The number of likely N-dealkylation sites (tertiary alicyclic amines) is 1. The maximum Gasteiger partial charge on any atom is 0.261 e. The summed E-state index contributed by atoms with van der Waals surface area (Å²) in [6.07, 6.45) is 2.30. The second kappa shape index (κ2) is 7.64. The average Bonchev–Trinajstić information content (AvgIpc) is 3.25. The van der Waals surface area contributed by atoms with Gasteiger partial charge in [-0.15, -0.1) is 0 Å². The smallest absolute Gasteiger partial charge is 0.261 e. The summed E-state index contributed by atoms with van der Waals surface area (Å²) < 4.78 is 6.94. The Hall–Kier alpha value is -2.25. The predicted octanol–water partition coefficient (Wildman–Crippen LogP) is 1.35. The summed E-state index contributed by atoms with van der Waals surface area (Å²) >= 11 is 0. The normalized spacial score (nSPS) is 21.9. The van der Waals surface area contributed by atoms with Gasteiger partial charge in [0.2, 0.25) is 5.91 Å². The molecule has 2 aliphatic heterocycles. The number of para-hydroxylation sites is 1. The lowest BCUT2D eigenvalue weighted by Crippen LogP contribution is -2.51. The van der Waals surface area contributed by atoms with Gasteiger partial charge in [0.25, 0.3) is 5.56 Å². The quantitative estimate of drug-likeness (QED) is 0.859. The molecule has 1 N–H and O–H groups in total. The summed E-state index contributed by atoms with van der Waals surface area (Å²) in [5.41, 5.74) is -0.440. The van der Waals surface area contributed by atoms with Crippen molar-refractivity contribution in [3.8, 4) is 0 Å². The van der Waals surface area contributed by atoms with Crippen molar-refractivity contribution in [3.05, 3.63) is 40.4 Å². The van der Waals surface area contributed by atoms with E-state index in [9.17, 15) is 14.7 Å². The van der Waals surface area contributed by atoms with Crippen molar-refractivity contribution in [3.63, 3.8) is 0 Å². The molecule has 0 radical (unpaired) electrons. The molecule has 0 spiro atoms. The van der Waals surface area contributed by atoms with Gasteiger partial charge >= 0.3 is 0 Å². The van der Waals surface area contributed by atoms with E-state index in [0.29, 0.717) is 62.3 Å². The number of carbonyl (C=O) groups excluding carboxylic acids is 1. The Morgan fingerprint density at radius 2 is 2.07 bits per heavy atom. The van der Waals surface area contributed by atoms with E-state index in [1.165, 1.54) is 0 Å². The number of ether oxygens (including phenoxy) is 1. The van der Waals surface area contributed by atoms with Gasteiger partial charge in [-0.25, -0.2) is 4.98 Å². The third-order valence-corrected chi connectivity index (χ3v) is 5.99. The first-order valence-corrected chi connectivity index (χ1v) is 10.1. The fourth-order valence-corrected chi connectivity index (χ4v) is 4.23. The highest BCUT2D eigenvalue weighted by Gasteiger charge is 2.37. The number of hydrogen-bond donors (Lipinski definition) is 1. The van der Waals surface area contributed by atoms with Gasteiger partial charge in [0.15, 0.2) is 0 Å². The van der Waals surface area contributed by atoms with Crippen LogP contribution in [0.3, 0.4) is 0 Å². The van der Waals surface area contributed by atoms with Gasteiger partial charge in [0.05, 0.1) is 35.6 Å². The molecule has 4 rings (SSSR count). The summed E-state index contributed by atoms with van der Waals surface area (Å²) in [4.78, 5) is 32.0. The van der Waals surface area contributed by atoms with E-state index in [-0.39, 0.29) is 23.9 Å². The van der Waals surface area contributed by atoms with E-state index in [1.807, 2.05) is 30.0 Å². The molecular weight excluding hydrogens is 358 g/mol. The maximum atomic E-state index is 13.0. The van der Waals surface area contributed by atoms with Crippen LogP contribution < -0.4 is 5.56 Å². The fraction of sp³-hybridized carbons (Fsp3) is 0.571. The number of benzene rings is 1. The molecule has 1 unspecified atom stereocenters. The van der Waals surface area contributed by atoms with Crippen LogP contribution in [0, 0.1) is 5.92 Å². The number of hydrogen-bond acceptors (Lipinski definition) is 5. The second-order valence-electron chi connectivity index (χ2n) is 7.90. The highest BCUT2D eigenvalue weighted by atomic mass is 16.5. The Balaban J connectivity index is 1.52. The van der Waals surface area contributed by atoms with E-state index in [2.05, 4.69) is 4.98 Å². The molecule has 2 aromatic rings. The molecule has 150 valence electrons. The monoisotopic (exact) mass is 385 g/mol. The highest BCUT2D eigenvalue weighted by molar-refractivity contribution is 5.79. The number of fused-ring (bicyclic) bond motifs is 1. The van der Waals surface area contributed by atoms with Crippen molar-refractivity contribution in [2.75, 3.05) is 26.3 Å². The predicted molar refractivity (Wildman–Crippen MR) is 105 cm³/mol. The maximum absolute atomic E-state index is 13.0. The number of rotatable bonds is 4. The lowest BCUT2D eigenvalue weighted by molar-refractivity contribution is -0.140. The van der Waals surface area contributed by atoms with E-state index < -0.39 is 5.60 Å². The summed E-state index contributed by atoms with van der Waals surface area (Å²) in [7, 11) is 0. The number of nitrogens with zero attached hydrogens (tertiary/aromatic N) is 3. The molecule has 3 heterocycles. The van der Waals surface area contributed by atoms with E-state index in [1.54, 1.807) is 10.6 Å². The van der Waals surface area contributed by atoms with Crippen molar-refractivity contribution in [1.82, 2.24) is 14.5 Å². The second-order valence-corrected chi connectivity index (χ2v) is 7.90. The van der Waals surface area contributed by atoms with Gasteiger partial charge in [-0.05, 0) is 31.4 Å². The zero-order valence-corrected chi connectivity index (χ0v) is 16.3. The summed E-state index contributed by atoms with van der Waals surface area (Å²) in [6.45, 7) is 4.32. The van der Waals surface area contributed by atoms with Crippen LogP contribution in [0.1, 0.15) is 32.0 Å². The standard InChI is InChI=1S/C21H27N3O4/c1-2-18-22-17-6-4-3-5-16(17)20(26)24(18)14-21(27)8-10-23(11-9-21)19(25)15-7-12-28-13-15/h3-6,15,27H,2,7-14H2,1H3. The van der Waals surface area contributed by atoms with E-state index >= 15 is 0 Å². The highest BCUT2D eigenvalue weighted by Crippen LogP contribution is 2.27. The van der Waals surface area contributed by atoms with Crippen LogP contribution in [0.2, 0.25) is 0 Å². The molecule has 1 amide bonds. The number of aromatic nitrogens is 2. The summed E-state index contributed by atoms with van der Waals surface area (Å²) in [5.74, 6) is 0.752. The van der Waals surface area contributed by atoms with Crippen LogP contribution in [0.4, 0.5) is 0 Å². The van der Waals surface area contributed by atoms with Gasteiger partial charge in [-0.2, -0.15) is 0 Å². The van der Waals surface area contributed by atoms with E-state index in [4.69, 9.17) is 4.74 Å². The first-order valence-electron chi connectivity index (χ1n) is 10.1.